The van der Waals surface area contributed by atoms with Crippen LogP contribution >= 0.6 is 0 Å². The molecule has 1 saturated heterocycles. The largest absolute Gasteiger partial charge is 0.296 e. The van der Waals surface area contributed by atoms with Gasteiger partial charge in [0.2, 0.25) is 0 Å². The van der Waals surface area contributed by atoms with Gasteiger partial charge in [-0.15, -0.1) is 0 Å². The third-order valence-corrected chi connectivity index (χ3v) is 4.70. The zero-order valence-electron chi connectivity index (χ0n) is 10.7. The molecular weight excluding hydrogens is 218 g/mol. The number of nitrogens with zero attached hydrogens (tertiary/aromatic N) is 1. The highest BCUT2D eigenvalue weighted by Crippen LogP contribution is 2.33. The summed E-state index contributed by atoms with van der Waals surface area (Å²) in [6.07, 6.45) is 5.46. The molecule has 92 valence electrons. The average molecular weight is 237 g/mol. The van der Waals surface area contributed by atoms with E-state index in [0.29, 0.717) is 0 Å². The summed E-state index contributed by atoms with van der Waals surface area (Å²) in [4.78, 5) is 2.70. The second-order valence-corrected chi connectivity index (χ2v) is 5.75. The van der Waals surface area contributed by atoms with Crippen molar-refractivity contribution in [2.45, 2.75) is 38.3 Å². The number of rotatable bonds is 0. The lowest BCUT2D eigenvalue weighted by molar-refractivity contribution is 0.128. The Hall–Kier alpha value is -1.34. The lowest BCUT2D eigenvalue weighted by atomic mass is 9.86. The first-order valence-electron chi connectivity index (χ1n) is 7.15. The van der Waals surface area contributed by atoms with Crippen molar-refractivity contribution in [3.05, 3.63) is 47.5 Å². The number of benzene rings is 2. The van der Waals surface area contributed by atoms with Gasteiger partial charge in [-0.2, -0.15) is 0 Å². The Bertz CT molecular complexity index is 587. The molecule has 2 heterocycles. The lowest BCUT2D eigenvalue weighted by Gasteiger charge is -2.40. The normalized spacial score (nSPS) is 23.7. The molecule has 18 heavy (non-hydrogen) atoms. The summed E-state index contributed by atoms with van der Waals surface area (Å²) in [5, 5.41) is 2.89. The number of fused-ring (bicyclic) bond motifs is 4. The summed E-state index contributed by atoms with van der Waals surface area (Å²) in [5.74, 6) is 0. The Morgan fingerprint density at radius 2 is 1.94 bits per heavy atom. The van der Waals surface area contributed by atoms with Crippen molar-refractivity contribution in [2.75, 3.05) is 6.54 Å². The van der Waals surface area contributed by atoms with E-state index in [1.165, 1.54) is 49.5 Å². The van der Waals surface area contributed by atoms with Crippen LogP contribution < -0.4 is 0 Å². The van der Waals surface area contributed by atoms with Gasteiger partial charge < -0.3 is 0 Å². The van der Waals surface area contributed by atoms with E-state index in [2.05, 4.69) is 41.3 Å². The van der Waals surface area contributed by atoms with E-state index in [-0.39, 0.29) is 0 Å². The maximum atomic E-state index is 2.70. The van der Waals surface area contributed by atoms with E-state index >= 15 is 0 Å². The van der Waals surface area contributed by atoms with Gasteiger partial charge >= 0.3 is 0 Å². The van der Waals surface area contributed by atoms with Crippen molar-refractivity contribution in [3.8, 4) is 0 Å². The highest BCUT2D eigenvalue weighted by Gasteiger charge is 2.28. The van der Waals surface area contributed by atoms with Gasteiger partial charge in [0.25, 0.3) is 0 Å². The van der Waals surface area contributed by atoms with E-state index in [9.17, 15) is 0 Å². The Morgan fingerprint density at radius 3 is 2.94 bits per heavy atom. The molecule has 1 unspecified atom stereocenters. The fourth-order valence-electron chi connectivity index (χ4n) is 3.72. The summed E-state index contributed by atoms with van der Waals surface area (Å²) in [7, 11) is 0. The topological polar surface area (TPSA) is 3.24 Å². The molecule has 2 aliphatic heterocycles. The van der Waals surface area contributed by atoms with Crippen LogP contribution in [0.4, 0.5) is 0 Å². The quantitative estimate of drug-likeness (QED) is 0.674. The van der Waals surface area contributed by atoms with Crippen LogP contribution in [0.5, 0.6) is 0 Å². The number of piperidine rings is 1. The highest BCUT2D eigenvalue weighted by molar-refractivity contribution is 5.87. The van der Waals surface area contributed by atoms with Crippen molar-refractivity contribution in [1.29, 1.82) is 0 Å². The first-order chi connectivity index (χ1) is 8.92. The summed E-state index contributed by atoms with van der Waals surface area (Å²) in [6, 6.07) is 14.3. The van der Waals surface area contributed by atoms with E-state index in [1.54, 1.807) is 11.1 Å². The molecule has 1 atom stereocenters. The van der Waals surface area contributed by atoms with Crippen LogP contribution in [0.3, 0.4) is 0 Å². The molecule has 1 fully saturated rings. The monoisotopic (exact) mass is 237 g/mol. The maximum absolute atomic E-state index is 2.70. The highest BCUT2D eigenvalue weighted by atomic mass is 15.2. The van der Waals surface area contributed by atoms with Gasteiger partial charge in [-0.25, -0.2) is 0 Å². The maximum Gasteiger partial charge on any atom is 0.0239 e. The molecule has 0 aliphatic carbocycles. The molecule has 0 saturated carbocycles. The Balaban J connectivity index is 1.85. The molecule has 2 aliphatic rings. The minimum absolute atomic E-state index is 0.803. The SMILES string of the molecule is c1ccc2c3c(ccc2c1)CN1CCCCC1C3. The van der Waals surface area contributed by atoms with Crippen molar-refractivity contribution in [3.63, 3.8) is 0 Å². The van der Waals surface area contributed by atoms with Gasteiger partial charge in [-0.05, 0) is 47.7 Å². The van der Waals surface area contributed by atoms with Crippen molar-refractivity contribution >= 4 is 10.8 Å². The van der Waals surface area contributed by atoms with Gasteiger partial charge in [0, 0.05) is 12.6 Å². The molecule has 1 nitrogen and oxygen atoms in total. The van der Waals surface area contributed by atoms with Crippen LogP contribution in [0.1, 0.15) is 30.4 Å². The van der Waals surface area contributed by atoms with Crippen LogP contribution in [0.25, 0.3) is 10.8 Å². The van der Waals surface area contributed by atoms with Crippen molar-refractivity contribution in [1.82, 2.24) is 4.90 Å². The third-order valence-electron chi connectivity index (χ3n) is 4.70. The summed E-state index contributed by atoms with van der Waals surface area (Å²) in [6.45, 7) is 2.47. The minimum Gasteiger partial charge on any atom is -0.296 e. The van der Waals surface area contributed by atoms with Crippen LogP contribution in [0.15, 0.2) is 36.4 Å². The number of hydrogen-bond acceptors (Lipinski definition) is 1. The predicted octanol–water partition coefficient (Wildman–Crippen LogP) is 3.75. The van der Waals surface area contributed by atoms with Gasteiger partial charge in [0.15, 0.2) is 0 Å². The van der Waals surface area contributed by atoms with Crippen LogP contribution in [0, 0.1) is 0 Å². The summed E-state index contributed by atoms with van der Waals surface area (Å²) < 4.78 is 0. The molecule has 2 aromatic rings. The molecule has 0 amide bonds. The Kier molecular flexibility index (Phi) is 2.41. The van der Waals surface area contributed by atoms with Crippen LogP contribution in [0.2, 0.25) is 0 Å². The predicted molar refractivity (Wildman–Crippen MR) is 75.7 cm³/mol. The van der Waals surface area contributed by atoms with Gasteiger partial charge in [-0.3, -0.25) is 4.90 Å². The van der Waals surface area contributed by atoms with Gasteiger partial charge in [0.05, 0.1) is 0 Å². The minimum atomic E-state index is 0.803. The zero-order valence-corrected chi connectivity index (χ0v) is 10.7. The molecule has 0 N–H and O–H groups in total. The first-order valence-corrected chi connectivity index (χ1v) is 7.15. The standard InChI is InChI=1S/C17H19N/c1-2-7-16-13(5-1)8-9-14-12-18-10-4-3-6-15(18)11-17(14)16/h1-2,5,7-9,15H,3-4,6,10-12H2. The molecule has 1 heteroatoms. The van der Waals surface area contributed by atoms with E-state index in [1.807, 2.05) is 0 Å². The zero-order chi connectivity index (χ0) is 11.9. The smallest absolute Gasteiger partial charge is 0.0239 e. The molecule has 0 aromatic heterocycles. The molecule has 2 aromatic carbocycles. The van der Waals surface area contributed by atoms with Crippen molar-refractivity contribution < 1.29 is 0 Å². The molecule has 0 radical (unpaired) electrons. The molecule has 0 bridgehead atoms. The van der Waals surface area contributed by atoms with E-state index in [0.717, 1.165) is 6.04 Å². The van der Waals surface area contributed by atoms with Gasteiger partial charge in [-0.1, -0.05) is 42.8 Å². The average Bonchev–Trinajstić information content (AvgIpc) is 2.45. The molecular formula is C17H19N. The summed E-state index contributed by atoms with van der Waals surface area (Å²) in [5.41, 5.74) is 3.18. The Morgan fingerprint density at radius 1 is 1.00 bits per heavy atom. The Labute approximate surface area is 108 Å². The van der Waals surface area contributed by atoms with Crippen LogP contribution in [-0.4, -0.2) is 17.5 Å². The van der Waals surface area contributed by atoms with Crippen molar-refractivity contribution in [2.24, 2.45) is 0 Å². The van der Waals surface area contributed by atoms with Crippen LogP contribution in [-0.2, 0) is 13.0 Å². The number of hydrogen-bond donors (Lipinski definition) is 0. The van der Waals surface area contributed by atoms with E-state index in [4.69, 9.17) is 0 Å². The first kappa shape index (κ1) is 10.6. The van der Waals surface area contributed by atoms with Gasteiger partial charge in [0.1, 0.15) is 0 Å². The lowest BCUT2D eigenvalue weighted by Crippen LogP contribution is -2.43. The fourth-order valence-corrected chi connectivity index (χ4v) is 3.72. The second-order valence-electron chi connectivity index (χ2n) is 5.75. The second kappa shape index (κ2) is 4.10. The third kappa shape index (κ3) is 1.58. The molecule has 4 rings (SSSR count). The summed E-state index contributed by atoms with van der Waals surface area (Å²) >= 11 is 0. The fraction of sp³-hybridized carbons (Fsp3) is 0.412. The van der Waals surface area contributed by atoms with E-state index < -0.39 is 0 Å². The molecule has 0 spiro atoms.